The molecule has 0 amide bonds. The van der Waals surface area contributed by atoms with E-state index in [0.29, 0.717) is 6.54 Å². The molecule has 1 aromatic carbocycles. The summed E-state index contributed by atoms with van der Waals surface area (Å²) in [6.07, 6.45) is 0. The van der Waals surface area contributed by atoms with Gasteiger partial charge >= 0.3 is 5.97 Å². The minimum atomic E-state index is -0.261. The number of imidazole rings is 1. The van der Waals surface area contributed by atoms with Gasteiger partial charge in [0, 0.05) is 6.54 Å². The van der Waals surface area contributed by atoms with Gasteiger partial charge in [0.1, 0.15) is 5.82 Å². The van der Waals surface area contributed by atoms with Crippen LogP contribution in [-0.2, 0) is 16.1 Å². The monoisotopic (exact) mass is 233 g/mol. The van der Waals surface area contributed by atoms with Crippen molar-refractivity contribution in [3.63, 3.8) is 0 Å². The molecule has 1 heterocycles. The fraction of sp³-hybridized carbons (Fsp3) is 0.333. The van der Waals surface area contributed by atoms with Crippen molar-refractivity contribution in [1.29, 1.82) is 0 Å². The van der Waals surface area contributed by atoms with Crippen LogP contribution in [0.1, 0.15) is 11.4 Å². The lowest BCUT2D eigenvalue weighted by atomic mass is 10.2. The number of hydrogen-bond donors (Lipinski definition) is 2. The standard InChI is InChI=1S/C12H15N3O2/c1-8-14-10-4-3-9(5-11(10)15-8)6-13-7-12(16)17-2/h3-5,13H,6-7H2,1-2H3,(H,14,15). The fourth-order valence-electron chi connectivity index (χ4n) is 1.68. The lowest BCUT2D eigenvalue weighted by Gasteiger charge is -2.03. The molecule has 0 fully saturated rings. The largest absolute Gasteiger partial charge is 0.468 e. The number of aromatic amines is 1. The van der Waals surface area contributed by atoms with E-state index in [4.69, 9.17) is 0 Å². The SMILES string of the molecule is COC(=O)CNCc1ccc2nc(C)[nH]c2c1. The van der Waals surface area contributed by atoms with E-state index < -0.39 is 0 Å². The maximum absolute atomic E-state index is 10.9. The zero-order chi connectivity index (χ0) is 12.3. The van der Waals surface area contributed by atoms with Gasteiger partial charge in [-0.3, -0.25) is 4.79 Å². The first kappa shape index (κ1) is 11.6. The smallest absolute Gasteiger partial charge is 0.319 e. The summed E-state index contributed by atoms with van der Waals surface area (Å²) in [5.41, 5.74) is 3.07. The minimum Gasteiger partial charge on any atom is -0.468 e. The molecule has 2 rings (SSSR count). The number of benzene rings is 1. The number of fused-ring (bicyclic) bond motifs is 1. The van der Waals surface area contributed by atoms with Crippen LogP contribution in [0.2, 0.25) is 0 Å². The van der Waals surface area contributed by atoms with Crippen molar-refractivity contribution in [2.45, 2.75) is 13.5 Å². The van der Waals surface area contributed by atoms with Crippen LogP contribution < -0.4 is 5.32 Å². The van der Waals surface area contributed by atoms with E-state index in [1.54, 1.807) is 0 Å². The quantitative estimate of drug-likeness (QED) is 0.777. The summed E-state index contributed by atoms with van der Waals surface area (Å²) in [7, 11) is 1.38. The first-order valence-corrected chi connectivity index (χ1v) is 5.42. The number of nitrogens with one attached hydrogen (secondary N) is 2. The van der Waals surface area contributed by atoms with Crippen molar-refractivity contribution in [3.05, 3.63) is 29.6 Å². The molecule has 1 aromatic heterocycles. The van der Waals surface area contributed by atoms with Gasteiger partial charge in [0.05, 0.1) is 24.7 Å². The van der Waals surface area contributed by atoms with Gasteiger partial charge in [-0.05, 0) is 24.6 Å². The van der Waals surface area contributed by atoms with Crippen LogP contribution in [0.3, 0.4) is 0 Å². The number of H-pyrrole nitrogens is 1. The predicted molar refractivity (Wildman–Crippen MR) is 64.6 cm³/mol. The van der Waals surface area contributed by atoms with E-state index >= 15 is 0 Å². The summed E-state index contributed by atoms with van der Waals surface area (Å²) in [4.78, 5) is 18.4. The highest BCUT2D eigenvalue weighted by atomic mass is 16.5. The Balaban J connectivity index is 2.01. The van der Waals surface area contributed by atoms with Crippen molar-refractivity contribution in [2.75, 3.05) is 13.7 Å². The van der Waals surface area contributed by atoms with Gasteiger partial charge in [-0.25, -0.2) is 4.98 Å². The number of carbonyl (C=O) groups excluding carboxylic acids is 1. The normalized spacial score (nSPS) is 10.7. The highest BCUT2D eigenvalue weighted by Crippen LogP contribution is 2.13. The average Bonchev–Trinajstić information content (AvgIpc) is 2.68. The molecule has 2 N–H and O–H groups in total. The third-order valence-electron chi connectivity index (χ3n) is 2.49. The highest BCUT2D eigenvalue weighted by molar-refractivity contribution is 5.75. The van der Waals surface area contributed by atoms with Crippen LogP contribution in [0.15, 0.2) is 18.2 Å². The summed E-state index contributed by atoms with van der Waals surface area (Å²) in [5, 5.41) is 3.02. The Kier molecular flexibility index (Phi) is 3.39. The van der Waals surface area contributed by atoms with Crippen LogP contribution in [0.4, 0.5) is 0 Å². The first-order valence-electron chi connectivity index (χ1n) is 5.42. The lowest BCUT2D eigenvalue weighted by molar-refractivity contribution is -0.139. The number of hydrogen-bond acceptors (Lipinski definition) is 4. The minimum absolute atomic E-state index is 0.219. The predicted octanol–water partition coefficient (Wildman–Crippen LogP) is 1.13. The molecule has 0 atom stereocenters. The first-order chi connectivity index (χ1) is 8.19. The van der Waals surface area contributed by atoms with Crippen LogP contribution in [0.5, 0.6) is 0 Å². The molecule has 90 valence electrons. The molecule has 17 heavy (non-hydrogen) atoms. The molecular weight excluding hydrogens is 218 g/mol. The average molecular weight is 233 g/mol. The Morgan fingerprint density at radius 3 is 3.12 bits per heavy atom. The van der Waals surface area contributed by atoms with Gasteiger partial charge < -0.3 is 15.0 Å². The Morgan fingerprint density at radius 2 is 2.35 bits per heavy atom. The molecule has 5 heteroatoms. The Hall–Kier alpha value is -1.88. The number of methoxy groups -OCH3 is 1. The molecule has 0 saturated heterocycles. The van der Waals surface area contributed by atoms with Gasteiger partial charge in [-0.2, -0.15) is 0 Å². The zero-order valence-electron chi connectivity index (χ0n) is 9.91. The molecule has 0 spiro atoms. The van der Waals surface area contributed by atoms with Crippen molar-refractivity contribution in [3.8, 4) is 0 Å². The third kappa shape index (κ3) is 2.82. The Morgan fingerprint density at radius 1 is 1.53 bits per heavy atom. The van der Waals surface area contributed by atoms with Crippen molar-refractivity contribution < 1.29 is 9.53 Å². The molecule has 2 aromatic rings. The Labute approximate surface area is 99.2 Å². The van der Waals surface area contributed by atoms with Crippen LogP contribution in [-0.4, -0.2) is 29.6 Å². The molecule has 0 aliphatic rings. The highest BCUT2D eigenvalue weighted by Gasteiger charge is 2.02. The summed E-state index contributed by atoms with van der Waals surface area (Å²) in [5.74, 6) is 0.642. The van der Waals surface area contributed by atoms with Crippen LogP contribution in [0, 0.1) is 6.92 Å². The number of ether oxygens (including phenoxy) is 1. The number of nitrogens with zero attached hydrogens (tertiary/aromatic N) is 1. The van der Waals surface area contributed by atoms with Gasteiger partial charge in [0.2, 0.25) is 0 Å². The van der Waals surface area contributed by atoms with E-state index in [1.807, 2.05) is 25.1 Å². The number of aromatic nitrogens is 2. The maximum Gasteiger partial charge on any atom is 0.319 e. The fourth-order valence-corrected chi connectivity index (χ4v) is 1.68. The van der Waals surface area contributed by atoms with E-state index in [2.05, 4.69) is 20.0 Å². The Bertz CT molecular complexity index is 534. The van der Waals surface area contributed by atoms with Crippen molar-refractivity contribution in [1.82, 2.24) is 15.3 Å². The summed E-state index contributed by atoms with van der Waals surface area (Å²) < 4.78 is 4.54. The van der Waals surface area contributed by atoms with Crippen molar-refractivity contribution in [2.24, 2.45) is 0 Å². The number of esters is 1. The third-order valence-corrected chi connectivity index (χ3v) is 2.49. The molecule has 0 aliphatic heterocycles. The van der Waals surface area contributed by atoms with E-state index in [1.165, 1.54) is 7.11 Å². The molecular formula is C12H15N3O2. The van der Waals surface area contributed by atoms with Gasteiger partial charge in [0.25, 0.3) is 0 Å². The number of rotatable bonds is 4. The van der Waals surface area contributed by atoms with Crippen LogP contribution in [0.25, 0.3) is 11.0 Å². The number of aryl methyl sites for hydroxylation is 1. The molecule has 5 nitrogen and oxygen atoms in total. The molecule has 0 unspecified atom stereocenters. The number of carbonyl (C=O) groups is 1. The van der Waals surface area contributed by atoms with Gasteiger partial charge in [-0.1, -0.05) is 6.07 Å². The molecule has 0 saturated carbocycles. The van der Waals surface area contributed by atoms with Gasteiger partial charge in [-0.15, -0.1) is 0 Å². The lowest BCUT2D eigenvalue weighted by Crippen LogP contribution is -2.23. The van der Waals surface area contributed by atoms with E-state index in [-0.39, 0.29) is 12.5 Å². The zero-order valence-corrected chi connectivity index (χ0v) is 9.91. The van der Waals surface area contributed by atoms with Crippen molar-refractivity contribution >= 4 is 17.0 Å². The second-order valence-electron chi connectivity index (χ2n) is 3.85. The van der Waals surface area contributed by atoms with Gasteiger partial charge in [0.15, 0.2) is 0 Å². The van der Waals surface area contributed by atoms with Crippen LogP contribution >= 0.6 is 0 Å². The molecule has 0 radical (unpaired) electrons. The van der Waals surface area contributed by atoms with E-state index in [9.17, 15) is 4.79 Å². The summed E-state index contributed by atoms with van der Waals surface area (Å²) in [6.45, 7) is 2.77. The van der Waals surface area contributed by atoms with E-state index in [0.717, 1.165) is 22.4 Å². The molecule has 0 aliphatic carbocycles. The topological polar surface area (TPSA) is 67.0 Å². The second-order valence-corrected chi connectivity index (χ2v) is 3.85. The summed E-state index contributed by atoms with van der Waals surface area (Å²) >= 11 is 0. The second kappa shape index (κ2) is 4.97. The molecule has 0 bridgehead atoms. The maximum atomic E-state index is 10.9. The summed E-state index contributed by atoms with van der Waals surface area (Å²) in [6, 6.07) is 5.99.